The van der Waals surface area contributed by atoms with Gasteiger partial charge in [0.25, 0.3) is 0 Å². The number of aryl methyl sites for hydroxylation is 1. The van der Waals surface area contributed by atoms with E-state index in [-0.39, 0.29) is 11.5 Å². The van der Waals surface area contributed by atoms with Gasteiger partial charge in [0.05, 0.1) is 6.33 Å². The summed E-state index contributed by atoms with van der Waals surface area (Å²) in [4.78, 5) is 20.4. The van der Waals surface area contributed by atoms with Crippen molar-refractivity contribution in [2.75, 3.05) is 5.73 Å². The lowest BCUT2D eigenvalue weighted by Gasteiger charge is -2.07. The number of nitrogens with two attached hydrogens (primary N) is 1. The maximum absolute atomic E-state index is 12.2. The van der Waals surface area contributed by atoms with Gasteiger partial charge in [-0.1, -0.05) is 54.6 Å². The zero-order chi connectivity index (χ0) is 17.4. The average Bonchev–Trinajstić information content (AvgIpc) is 3.05. The second kappa shape index (κ2) is 5.90. The lowest BCUT2D eigenvalue weighted by Crippen LogP contribution is -2.18. The Balaban J connectivity index is 1.68. The number of anilines is 1. The Morgan fingerprint density at radius 1 is 1.00 bits per heavy atom. The zero-order valence-corrected chi connectivity index (χ0v) is 13.8. The van der Waals surface area contributed by atoms with E-state index in [1.807, 2.05) is 22.8 Å². The third-order valence-electron chi connectivity index (χ3n) is 4.31. The lowest BCUT2D eigenvalue weighted by atomic mass is 10.0. The fourth-order valence-electron chi connectivity index (χ4n) is 2.93. The number of fused-ring (bicyclic) bond motifs is 1. The van der Waals surface area contributed by atoms with Gasteiger partial charge in [-0.3, -0.25) is 9.36 Å². The molecule has 2 aromatic carbocycles. The van der Waals surface area contributed by atoms with E-state index >= 15 is 0 Å². The van der Waals surface area contributed by atoms with Crippen LogP contribution in [0.4, 0.5) is 5.95 Å². The van der Waals surface area contributed by atoms with E-state index in [4.69, 9.17) is 5.73 Å². The SMILES string of the molecule is Cn1c(N)nc(=O)c2c1ncn2Cc1ccc(-c2ccccc2)cc1. The summed E-state index contributed by atoms with van der Waals surface area (Å²) in [5.41, 5.74) is 9.78. The van der Waals surface area contributed by atoms with Crippen molar-refractivity contribution in [3.63, 3.8) is 0 Å². The predicted molar refractivity (Wildman–Crippen MR) is 98.2 cm³/mol. The van der Waals surface area contributed by atoms with Crippen LogP contribution in [0.15, 0.2) is 65.7 Å². The third-order valence-corrected chi connectivity index (χ3v) is 4.31. The molecule has 0 unspecified atom stereocenters. The Labute approximate surface area is 144 Å². The van der Waals surface area contributed by atoms with Crippen LogP contribution in [0.25, 0.3) is 22.3 Å². The molecule has 0 radical (unpaired) electrons. The van der Waals surface area contributed by atoms with Crippen LogP contribution in [0.5, 0.6) is 0 Å². The summed E-state index contributed by atoms with van der Waals surface area (Å²) >= 11 is 0. The van der Waals surface area contributed by atoms with E-state index in [0.29, 0.717) is 17.7 Å². The number of imidazole rings is 1. The van der Waals surface area contributed by atoms with Crippen LogP contribution in [-0.4, -0.2) is 19.1 Å². The molecular formula is C19H17N5O. The highest BCUT2D eigenvalue weighted by Crippen LogP contribution is 2.20. The van der Waals surface area contributed by atoms with Crippen LogP contribution in [-0.2, 0) is 13.6 Å². The van der Waals surface area contributed by atoms with Gasteiger partial charge >= 0.3 is 5.56 Å². The standard InChI is InChI=1S/C19H17N5O/c1-23-17-16(18(25)22-19(23)20)24(12-21-17)11-13-7-9-15(10-8-13)14-5-3-2-4-6-14/h2-10,12H,11H2,1H3,(H2,20,22,25). The van der Waals surface area contributed by atoms with Gasteiger partial charge in [0.15, 0.2) is 11.2 Å². The molecule has 0 amide bonds. The van der Waals surface area contributed by atoms with Crippen LogP contribution in [0.2, 0.25) is 0 Å². The summed E-state index contributed by atoms with van der Waals surface area (Å²) in [6, 6.07) is 18.5. The molecule has 0 fully saturated rings. The van der Waals surface area contributed by atoms with Gasteiger partial charge in [-0.05, 0) is 16.7 Å². The molecule has 0 aliphatic rings. The van der Waals surface area contributed by atoms with E-state index in [1.165, 1.54) is 5.56 Å². The van der Waals surface area contributed by atoms with E-state index in [0.717, 1.165) is 11.1 Å². The number of nitrogen functional groups attached to an aromatic ring is 1. The molecule has 0 bridgehead atoms. The second-order valence-corrected chi connectivity index (χ2v) is 5.94. The number of rotatable bonds is 3. The zero-order valence-electron chi connectivity index (χ0n) is 13.8. The molecular weight excluding hydrogens is 314 g/mol. The van der Waals surface area contributed by atoms with E-state index in [9.17, 15) is 4.79 Å². The van der Waals surface area contributed by atoms with Gasteiger partial charge < -0.3 is 10.3 Å². The molecule has 0 saturated heterocycles. The van der Waals surface area contributed by atoms with Gasteiger partial charge in [0.2, 0.25) is 5.95 Å². The molecule has 4 aromatic rings. The molecule has 25 heavy (non-hydrogen) atoms. The number of hydrogen-bond acceptors (Lipinski definition) is 4. The normalized spacial score (nSPS) is 11.1. The fourth-order valence-corrected chi connectivity index (χ4v) is 2.93. The summed E-state index contributed by atoms with van der Waals surface area (Å²) < 4.78 is 3.42. The van der Waals surface area contributed by atoms with Crippen molar-refractivity contribution >= 4 is 17.1 Å². The first-order chi connectivity index (χ1) is 12.1. The first-order valence-corrected chi connectivity index (χ1v) is 7.95. The van der Waals surface area contributed by atoms with Crippen molar-refractivity contribution in [2.45, 2.75) is 6.54 Å². The van der Waals surface area contributed by atoms with Gasteiger partial charge in [0, 0.05) is 13.6 Å². The molecule has 0 atom stereocenters. The number of aromatic nitrogens is 4. The summed E-state index contributed by atoms with van der Waals surface area (Å²) in [7, 11) is 1.75. The molecule has 6 heteroatoms. The van der Waals surface area contributed by atoms with Gasteiger partial charge in [-0.25, -0.2) is 4.98 Å². The van der Waals surface area contributed by atoms with Crippen LogP contribution < -0.4 is 11.3 Å². The van der Waals surface area contributed by atoms with Crippen molar-refractivity contribution in [1.82, 2.24) is 19.1 Å². The maximum Gasteiger partial charge on any atom is 0.300 e. The van der Waals surface area contributed by atoms with Crippen molar-refractivity contribution in [3.8, 4) is 11.1 Å². The van der Waals surface area contributed by atoms with Gasteiger partial charge in [-0.2, -0.15) is 4.98 Å². The van der Waals surface area contributed by atoms with Crippen molar-refractivity contribution in [3.05, 3.63) is 76.8 Å². The smallest absolute Gasteiger partial charge is 0.300 e. The van der Waals surface area contributed by atoms with Crippen LogP contribution in [0.1, 0.15) is 5.56 Å². The van der Waals surface area contributed by atoms with E-state index in [2.05, 4.69) is 46.4 Å². The average molecular weight is 331 g/mol. The summed E-state index contributed by atoms with van der Waals surface area (Å²) in [6.07, 6.45) is 1.65. The quantitative estimate of drug-likeness (QED) is 0.625. The fraction of sp³-hybridized carbons (Fsp3) is 0.105. The minimum atomic E-state index is -0.357. The molecule has 124 valence electrons. The van der Waals surface area contributed by atoms with Crippen molar-refractivity contribution in [2.24, 2.45) is 7.05 Å². The Bertz CT molecular complexity index is 1090. The topological polar surface area (TPSA) is 78.7 Å². The monoisotopic (exact) mass is 331 g/mol. The maximum atomic E-state index is 12.2. The highest BCUT2D eigenvalue weighted by Gasteiger charge is 2.12. The van der Waals surface area contributed by atoms with Gasteiger partial charge in [0.1, 0.15) is 0 Å². The molecule has 2 N–H and O–H groups in total. The Kier molecular flexibility index (Phi) is 3.57. The highest BCUT2D eigenvalue weighted by atomic mass is 16.1. The molecule has 6 nitrogen and oxygen atoms in total. The van der Waals surface area contributed by atoms with Gasteiger partial charge in [-0.15, -0.1) is 0 Å². The minimum Gasteiger partial charge on any atom is -0.369 e. The first-order valence-electron chi connectivity index (χ1n) is 7.95. The Morgan fingerprint density at radius 2 is 1.68 bits per heavy atom. The van der Waals surface area contributed by atoms with Crippen molar-refractivity contribution in [1.29, 1.82) is 0 Å². The second-order valence-electron chi connectivity index (χ2n) is 5.94. The summed E-state index contributed by atoms with van der Waals surface area (Å²) in [6.45, 7) is 0.548. The number of benzene rings is 2. The highest BCUT2D eigenvalue weighted by molar-refractivity contribution is 5.72. The van der Waals surface area contributed by atoms with Crippen LogP contribution in [0.3, 0.4) is 0 Å². The third kappa shape index (κ3) is 2.67. The summed E-state index contributed by atoms with van der Waals surface area (Å²) in [5.74, 6) is 0.162. The predicted octanol–water partition coefficient (Wildman–Crippen LogP) is 2.43. The van der Waals surface area contributed by atoms with E-state index in [1.54, 1.807) is 17.9 Å². The molecule has 2 aromatic heterocycles. The first kappa shape index (κ1) is 15.1. The Hall–Kier alpha value is -3.41. The molecule has 0 saturated carbocycles. The number of nitrogens with zero attached hydrogens (tertiary/aromatic N) is 4. The van der Waals surface area contributed by atoms with E-state index < -0.39 is 0 Å². The minimum absolute atomic E-state index is 0.162. The molecule has 0 aliphatic carbocycles. The van der Waals surface area contributed by atoms with Crippen molar-refractivity contribution < 1.29 is 0 Å². The van der Waals surface area contributed by atoms with Crippen LogP contribution >= 0.6 is 0 Å². The molecule has 2 heterocycles. The summed E-state index contributed by atoms with van der Waals surface area (Å²) in [5, 5.41) is 0. The number of hydrogen-bond donors (Lipinski definition) is 1. The molecule has 0 spiro atoms. The largest absolute Gasteiger partial charge is 0.369 e. The lowest BCUT2D eigenvalue weighted by molar-refractivity contribution is 0.818. The molecule has 4 rings (SSSR count). The molecule has 0 aliphatic heterocycles. The Morgan fingerprint density at radius 3 is 2.40 bits per heavy atom. The van der Waals surface area contributed by atoms with Crippen LogP contribution in [0, 0.1) is 0 Å².